The molecule has 1 aliphatic heterocycles. The highest BCUT2D eigenvalue weighted by molar-refractivity contribution is 9.10. The molecule has 2 aromatic rings. The molecule has 2 aromatic carbocycles. The number of carbonyl (C=O) groups is 2. The molecule has 3 rings (SSSR count). The first-order chi connectivity index (χ1) is 15.0. The number of hydrogen-bond acceptors (Lipinski definition) is 4. The predicted octanol–water partition coefficient (Wildman–Crippen LogP) is 4.99. The van der Waals surface area contributed by atoms with Gasteiger partial charge in [-0.15, -0.1) is 0 Å². The van der Waals surface area contributed by atoms with E-state index in [9.17, 15) is 9.59 Å². The van der Waals surface area contributed by atoms with Gasteiger partial charge in [-0.3, -0.25) is 14.9 Å². The zero-order valence-corrected chi connectivity index (χ0v) is 19.9. The molecule has 0 atom stereocenters. The van der Waals surface area contributed by atoms with Gasteiger partial charge in [0, 0.05) is 29.9 Å². The molecule has 164 valence electrons. The minimum Gasteiger partial charge on any atom is -0.492 e. The largest absolute Gasteiger partial charge is 0.492 e. The lowest BCUT2D eigenvalue weighted by Crippen LogP contribution is -2.35. The molecule has 1 fully saturated rings. The van der Waals surface area contributed by atoms with Crippen LogP contribution in [-0.2, 0) is 0 Å². The van der Waals surface area contributed by atoms with Crippen molar-refractivity contribution in [2.45, 2.75) is 32.6 Å². The van der Waals surface area contributed by atoms with Crippen molar-refractivity contribution < 1.29 is 14.3 Å². The standard InChI is InChI=1S/C23H26BrN3O3S/c1-2-14-30-20-11-8-17(15-19(20)24)21(28)26-23(31)25-18-9-6-16(7-10-18)22(29)27-12-4-3-5-13-27/h6-11,15H,2-5,12-14H2,1H3,(H2,25,26,28,31). The summed E-state index contributed by atoms with van der Waals surface area (Å²) in [5.41, 5.74) is 1.81. The maximum Gasteiger partial charge on any atom is 0.257 e. The molecule has 0 saturated carbocycles. The van der Waals surface area contributed by atoms with Crippen LogP contribution in [0.3, 0.4) is 0 Å². The summed E-state index contributed by atoms with van der Waals surface area (Å²) < 4.78 is 6.31. The van der Waals surface area contributed by atoms with Crippen molar-refractivity contribution in [1.29, 1.82) is 0 Å². The molecule has 8 heteroatoms. The van der Waals surface area contributed by atoms with Crippen LogP contribution in [0.4, 0.5) is 5.69 Å². The van der Waals surface area contributed by atoms with Gasteiger partial charge >= 0.3 is 0 Å². The number of piperidine rings is 1. The Bertz CT molecular complexity index is 944. The Balaban J connectivity index is 1.54. The maximum absolute atomic E-state index is 12.6. The fraction of sp³-hybridized carbons (Fsp3) is 0.348. The Hall–Kier alpha value is -2.45. The van der Waals surface area contributed by atoms with E-state index in [0.717, 1.165) is 32.4 Å². The van der Waals surface area contributed by atoms with E-state index in [1.54, 1.807) is 42.5 Å². The van der Waals surface area contributed by atoms with Crippen LogP contribution in [0, 0.1) is 0 Å². The van der Waals surface area contributed by atoms with Crippen molar-refractivity contribution in [3.63, 3.8) is 0 Å². The van der Waals surface area contributed by atoms with Crippen molar-refractivity contribution in [2.24, 2.45) is 0 Å². The molecule has 2 N–H and O–H groups in total. The lowest BCUT2D eigenvalue weighted by molar-refractivity contribution is 0.0724. The summed E-state index contributed by atoms with van der Waals surface area (Å²) in [6.45, 7) is 4.28. The summed E-state index contributed by atoms with van der Waals surface area (Å²) in [7, 11) is 0. The summed E-state index contributed by atoms with van der Waals surface area (Å²) in [5.74, 6) is 0.425. The van der Waals surface area contributed by atoms with E-state index in [0.29, 0.717) is 33.6 Å². The normalized spacial score (nSPS) is 13.4. The zero-order valence-electron chi connectivity index (χ0n) is 17.4. The molecule has 2 amide bonds. The maximum atomic E-state index is 12.6. The van der Waals surface area contributed by atoms with E-state index in [1.807, 2.05) is 11.8 Å². The molecule has 0 aliphatic carbocycles. The first kappa shape index (κ1) is 23.2. The second-order valence-corrected chi connectivity index (χ2v) is 8.59. The highest BCUT2D eigenvalue weighted by Gasteiger charge is 2.18. The van der Waals surface area contributed by atoms with Gasteiger partial charge in [0.15, 0.2) is 5.11 Å². The molecule has 0 unspecified atom stereocenters. The molecule has 6 nitrogen and oxygen atoms in total. The Morgan fingerprint density at radius 2 is 1.74 bits per heavy atom. The number of amides is 2. The van der Waals surface area contributed by atoms with Gasteiger partial charge in [0.1, 0.15) is 5.75 Å². The highest BCUT2D eigenvalue weighted by Crippen LogP contribution is 2.26. The number of nitrogens with one attached hydrogen (secondary N) is 2. The zero-order chi connectivity index (χ0) is 22.2. The van der Waals surface area contributed by atoms with Crippen molar-refractivity contribution in [3.05, 3.63) is 58.1 Å². The number of rotatable bonds is 6. The van der Waals surface area contributed by atoms with Crippen molar-refractivity contribution in [2.75, 3.05) is 25.0 Å². The third kappa shape index (κ3) is 6.51. The SMILES string of the molecule is CCCOc1ccc(C(=O)NC(=S)Nc2ccc(C(=O)N3CCCCC3)cc2)cc1Br. The number of nitrogens with zero attached hydrogens (tertiary/aromatic N) is 1. The lowest BCUT2D eigenvalue weighted by atomic mass is 10.1. The summed E-state index contributed by atoms with van der Waals surface area (Å²) >= 11 is 8.69. The van der Waals surface area contributed by atoms with Gasteiger partial charge in [-0.1, -0.05) is 6.92 Å². The number of halogens is 1. The Labute approximate surface area is 196 Å². The van der Waals surface area contributed by atoms with Crippen LogP contribution >= 0.6 is 28.1 Å². The minimum atomic E-state index is -0.322. The van der Waals surface area contributed by atoms with E-state index >= 15 is 0 Å². The number of thiocarbonyl (C=S) groups is 1. The third-order valence-corrected chi connectivity index (χ3v) is 5.74. The van der Waals surface area contributed by atoms with Crippen LogP contribution in [0.15, 0.2) is 46.9 Å². The van der Waals surface area contributed by atoms with Crippen LogP contribution in [-0.4, -0.2) is 41.5 Å². The second kappa shape index (κ2) is 11.2. The van der Waals surface area contributed by atoms with Gasteiger partial charge in [-0.2, -0.15) is 0 Å². The first-order valence-electron chi connectivity index (χ1n) is 10.4. The molecule has 1 aliphatic rings. The van der Waals surface area contributed by atoms with Crippen molar-refractivity contribution in [1.82, 2.24) is 10.2 Å². The number of ether oxygens (including phenoxy) is 1. The van der Waals surface area contributed by atoms with Gasteiger partial charge in [0.25, 0.3) is 11.8 Å². The van der Waals surface area contributed by atoms with E-state index in [2.05, 4.69) is 26.6 Å². The predicted molar refractivity (Wildman–Crippen MR) is 130 cm³/mol. The van der Waals surface area contributed by atoms with E-state index in [-0.39, 0.29) is 16.9 Å². The van der Waals surface area contributed by atoms with Gasteiger partial charge in [0.2, 0.25) is 0 Å². The van der Waals surface area contributed by atoms with Gasteiger partial charge in [-0.25, -0.2) is 0 Å². The van der Waals surface area contributed by atoms with Crippen molar-refractivity contribution >= 4 is 50.8 Å². The van der Waals surface area contributed by atoms with Gasteiger partial charge < -0.3 is 15.0 Å². The topological polar surface area (TPSA) is 70.7 Å². The molecule has 0 bridgehead atoms. The molecule has 0 aromatic heterocycles. The second-order valence-electron chi connectivity index (χ2n) is 7.33. The number of likely N-dealkylation sites (tertiary alicyclic amines) is 1. The molecular formula is C23H26BrN3O3S. The molecular weight excluding hydrogens is 478 g/mol. The van der Waals surface area contributed by atoms with E-state index in [4.69, 9.17) is 17.0 Å². The van der Waals surface area contributed by atoms with Crippen LogP contribution < -0.4 is 15.4 Å². The molecule has 0 radical (unpaired) electrons. The quantitative estimate of drug-likeness (QED) is 0.543. The Morgan fingerprint density at radius 3 is 2.39 bits per heavy atom. The monoisotopic (exact) mass is 503 g/mol. The summed E-state index contributed by atoms with van der Waals surface area (Å²) in [4.78, 5) is 26.9. The average Bonchev–Trinajstić information content (AvgIpc) is 2.78. The number of anilines is 1. The Kier molecular flexibility index (Phi) is 8.43. The fourth-order valence-corrected chi connectivity index (χ4v) is 3.99. The van der Waals surface area contributed by atoms with Crippen LogP contribution in [0.5, 0.6) is 5.75 Å². The van der Waals surface area contributed by atoms with Gasteiger partial charge in [0.05, 0.1) is 11.1 Å². The molecule has 1 heterocycles. The van der Waals surface area contributed by atoms with Gasteiger partial charge in [-0.05, 0) is 96.3 Å². The molecule has 0 spiro atoms. The minimum absolute atomic E-state index is 0.0547. The molecule has 31 heavy (non-hydrogen) atoms. The lowest BCUT2D eigenvalue weighted by Gasteiger charge is -2.26. The summed E-state index contributed by atoms with van der Waals surface area (Å²) in [6, 6.07) is 12.3. The Morgan fingerprint density at radius 1 is 1.06 bits per heavy atom. The fourth-order valence-electron chi connectivity index (χ4n) is 3.28. The first-order valence-corrected chi connectivity index (χ1v) is 11.6. The van der Waals surface area contributed by atoms with E-state index < -0.39 is 0 Å². The van der Waals surface area contributed by atoms with Crippen molar-refractivity contribution in [3.8, 4) is 5.75 Å². The number of carbonyl (C=O) groups excluding carboxylic acids is 2. The van der Waals surface area contributed by atoms with Crippen LogP contribution in [0.1, 0.15) is 53.3 Å². The molecule has 1 saturated heterocycles. The highest BCUT2D eigenvalue weighted by atomic mass is 79.9. The third-order valence-electron chi connectivity index (χ3n) is 4.92. The summed E-state index contributed by atoms with van der Waals surface area (Å²) in [5, 5.41) is 5.83. The van der Waals surface area contributed by atoms with Crippen LogP contribution in [0.25, 0.3) is 0 Å². The number of hydrogen-bond donors (Lipinski definition) is 2. The number of benzene rings is 2. The summed E-state index contributed by atoms with van der Waals surface area (Å²) in [6.07, 6.45) is 4.21. The van der Waals surface area contributed by atoms with E-state index in [1.165, 1.54) is 6.42 Å². The average molecular weight is 504 g/mol. The van der Waals surface area contributed by atoms with Crippen LogP contribution in [0.2, 0.25) is 0 Å². The smallest absolute Gasteiger partial charge is 0.257 e.